The Hall–Kier alpha value is -1.57. The third-order valence-electron chi connectivity index (χ3n) is 2.85. The molecule has 0 aliphatic heterocycles. The van der Waals surface area contributed by atoms with Gasteiger partial charge in [0.2, 0.25) is 0 Å². The van der Waals surface area contributed by atoms with Crippen LogP contribution in [-0.4, -0.2) is 12.4 Å². The lowest BCUT2D eigenvalue weighted by atomic mass is 10.0. The average Bonchev–Trinajstić information content (AvgIpc) is 2.39. The molecule has 0 aliphatic carbocycles. The summed E-state index contributed by atoms with van der Waals surface area (Å²) in [4.78, 5) is 11.9. The first-order chi connectivity index (χ1) is 8.67. The van der Waals surface area contributed by atoms with Crippen molar-refractivity contribution < 1.29 is 9.53 Å². The number of unbranched alkanes of at least 4 members (excludes halogenated alkanes) is 1. The summed E-state index contributed by atoms with van der Waals surface area (Å²) in [5.74, 6) is 0.955. The fraction of sp³-hybridized carbons (Fsp3) is 0.438. The summed E-state index contributed by atoms with van der Waals surface area (Å²) in [5, 5.41) is 0. The van der Waals surface area contributed by atoms with Gasteiger partial charge in [-0.15, -0.1) is 0 Å². The fourth-order valence-corrected chi connectivity index (χ4v) is 1.53. The molecule has 2 nitrogen and oxygen atoms in total. The maximum Gasteiger partial charge on any atom is 0.166 e. The molecule has 0 spiro atoms. The molecule has 0 radical (unpaired) electrons. The highest BCUT2D eigenvalue weighted by Gasteiger charge is 2.07. The molecule has 0 aromatic heterocycles. The molecule has 0 bridgehead atoms. The fourth-order valence-electron chi connectivity index (χ4n) is 1.53. The zero-order chi connectivity index (χ0) is 13.4. The quantitative estimate of drug-likeness (QED) is 0.386. The lowest BCUT2D eigenvalue weighted by Crippen LogP contribution is -2.01. The van der Waals surface area contributed by atoms with Gasteiger partial charge in [-0.3, -0.25) is 4.79 Å². The van der Waals surface area contributed by atoms with E-state index in [1.807, 2.05) is 31.2 Å². The van der Waals surface area contributed by atoms with E-state index in [0.29, 0.717) is 6.42 Å². The summed E-state index contributed by atoms with van der Waals surface area (Å²) in [6.45, 7) is 8.74. The van der Waals surface area contributed by atoms with Crippen LogP contribution < -0.4 is 4.74 Å². The van der Waals surface area contributed by atoms with Crippen molar-refractivity contribution in [3.63, 3.8) is 0 Å². The van der Waals surface area contributed by atoms with E-state index >= 15 is 0 Å². The number of hydrogen-bond acceptors (Lipinski definition) is 2. The number of ether oxygens (including phenoxy) is 1. The minimum Gasteiger partial charge on any atom is -0.494 e. The molecule has 0 atom stereocenters. The summed E-state index contributed by atoms with van der Waals surface area (Å²) in [5.41, 5.74) is 1.70. The summed E-state index contributed by atoms with van der Waals surface area (Å²) < 4.78 is 5.55. The molecule has 1 aromatic rings. The summed E-state index contributed by atoms with van der Waals surface area (Å²) in [6, 6.07) is 7.37. The predicted octanol–water partition coefficient (Wildman–Crippen LogP) is 4.40. The number of ketones is 1. The number of carbonyl (C=O) groups excluding carboxylic acids is 1. The molecule has 0 saturated heterocycles. The molecule has 0 fully saturated rings. The van der Waals surface area contributed by atoms with Crippen LogP contribution in [0.4, 0.5) is 0 Å². The van der Waals surface area contributed by atoms with Gasteiger partial charge >= 0.3 is 0 Å². The molecule has 0 saturated carbocycles. The number of rotatable bonds is 8. The van der Waals surface area contributed by atoms with Gasteiger partial charge in [0.05, 0.1) is 6.61 Å². The van der Waals surface area contributed by atoms with Crippen LogP contribution in [0.15, 0.2) is 36.4 Å². The van der Waals surface area contributed by atoms with Crippen molar-refractivity contribution in [2.45, 2.75) is 39.5 Å². The minimum absolute atomic E-state index is 0.127. The van der Waals surface area contributed by atoms with Crippen molar-refractivity contribution in [1.29, 1.82) is 0 Å². The van der Waals surface area contributed by atoms with Gasteiger partial charge in [0, 0.05) is 12.0 Å². The van der Waals surface area contributed by atoms with Crippen molar-refractivity contribution in [3.05, 3.63) is 42.0 Å². The summed E-state index contributed by atoms with van der Waals surface area (Å²) in [7, 11) is 0. The number of Topliss-reactive ketones (excluding diaryl/α,β-unsaturated/α-hetero) is 1. The van der Waals surface area contributed by atoms with Crippen LogP contribution in [0.2, 0.25) is 0 Å². The van der Waals surface area contributed by atoms with Crippen molar-refractivity contribution in [3.8, 4) is 5.75 Å². The normalized spacial score (nSPS) is 10.1. The lowest BCUT2D eigenvalue weighted by molar-refractivity contribution is 0.0992. The molecule has 0 heterocycles. The van der Waals surface area contributed by atoms with Crippen molar-refractivity contribution in [2.24, 2.45) is 0 Å². The molecule has 1 rings (SSSR count). The Balaban J connectivity index is 2.54. The van der Waals surface area contributed by atoms with Gasteiger partial charge in [0.15, 0.2) is 5.78 Å². The second kappa shape index (κ2) is 7.70. The topological polar surface area (TPSA) is 26.3 Å². The zero-order valence-electron chi connectivity index (χ0n) is 11.4. The molecule has 98 valence electrons. The van der Waals surface area contributed by atoms with E-state index < -0.39 is 0 Å². The van der Waals surface area contributed by atoms with Gasteiger partial charge in [0.25, 0.3) is 0 Å². The van der Waals surface area contributed by atoms with Gasteiger partial charge in [-0.05, 0) is 37.1 Å². The molecular weight excluding hydrogens is 224 g/mol. The van der Waals surface area contributed by atoms with Gasteiger partial charge < -0.3 is 4.74 Å². The number of benzene rings is 1. The maximum atomic E-state index is 11.9. The Morgan fingerprint density at radius 1 is 1.22 bits per heavy atom. The Bertz CT molecular complexity index is 390. The van der Waals surface area contributed by atoms with Crippen molar-refractivity contribution in [2.75, 3.05) is 6.61 Å². The summed E-state index contributed by atoms with van der Waals surface area (Å²) >= 11 is 0. The van der Waals surface area contributed by atoms with Crippen molar-refractivity contribution in [1.82, 2.24) is 0 Å². The standard InChI is InChI=1S/C16H22O2/c1-4-6-11-18-15-9-7-14(8-10-15)16(17)12-13(3)5-2/h7-10H,3-6,11-12H2,1-2H3. The molecule has 1 aromatic carbocycles. The maximum absolute atomic E-state index is 11.9. The first kappa shape index (κ1) is 14.5. The SMILES string of the molecule is C=C(CC)CC(=O)c1ccc(OCCCC)cc1. The van der Waals surface area contributed by atoms with E-state index in [0.717, 1.165) is 42.8 Å². The van der Waals surface area contributed by atoms with E-state index in [-0.39, 0.29) is 5.78 Å². The second-order valence-electron chi connectivity index (χ2n) is 4.43. The molecule has 18 heavy (non-hydrogen) atoms. The van der Waals surface area contributed by atoms with Gasteiger partial charge in [-0.2, -0.15) is 0 Å². The van der Waals surface area contributed by atoms with E-state index in [2.05, 4.69) is 13.5 Å². The molecule has 0 N–H and O–H groups in total. The number of hydrogen-bond donors (Lipinski definition) is 0. The monoisotopic (exact) mass is 246 g/mol. The largest absolute Gasteiger partial charge is 0.494 e. The third-order valence-corrected chi connectivity index (χ3v) is 2.85. The average molecular weight is 246 g/mol. The van der Waals surface area contributed by atoms with Crippen LogP contribution in [0, 0.1) is 0 Å². The van der Waals surface area contributed by atoms with Gasteiger partial charge in [0.1, 0.15) is 5.75 Å². The van der Waals surface area contributed by atoms with Crippen LogP contribution in [-0.2, 0) is 0 Å². The van der Waals surface area contributed by atoms with Crippen LogP contribution in [0.5, 0.6) is 5.75 Å². The second-order valence-corrected chi connectivity index (χ2v) is 4.43. The zero-order valence-corrected chi connectivity index (χ0v) is 11.4. The first-order valence-electron chi connectivity index (χ1n) is 6.60. The minimum atomic E-state index is 0.127. The third kappa shape index (κ3) is 4.74. The predicted molar refractivity (Wildman–Crippen MR) is 75.2 cm³/mol. The van der Waals surface area contributed by atoms with Crippen LogP contribution in [0.1, 0.15) is 49.9 Å². The highest BCUT2D eigenvalue weighted by atomic mass is 16.5. The van der Waals surface area contributed by atoms with Crippen LogP contribution >= 0.6 is 0 Å². The van der Waals surface area contributed by atoms with E-state index in [4.69, 9.17) is 4.74 Å². The molecule has 0 amide bonds. The Kier molecular flexibility index (Phi) is 6.20. The lowest BCUT2D eigenvalue weighted by Gasteiger charge is -2.06. The molecule has 0 unspecified atom stereocenters. The van der Waals surface area contributed by atoms with E-state index in [1.54, 1.807) is 0 Å². The molecule has 0 aliphatic rings. The molecular formula is C16H22O2. The van der Waals surface area contributed by atoms with Crippen molar-refractivity contribution >= 4 is 5.78 Å². The van der Waals surface area contributed by atoms with Gasteiger partial charge in [-0.25, -0.2) is 0 Å². The van der Waals surface area contributed by atoms with Crippen LogP contribution in [0.3, 0.4) is 0 Å². The molecule has 2 heteroatoms. The van der Waals surface area contributed by atoms with Gasteiger partial charge in [-0.1, -0.05) is 32.4 Å². The highest BCUT2D eigenvalue weighted by Crippen LogP contribution is 2.16. The number of carbonyl (C=O) groups is 1. The Morgan fingerprint density at radius 3 is 2.44 bits per heavy atom. The number of allylic oxidation sites excluding steroid dienone is 1. The van der Waals surface area contributed by atoms with E-state index in [1.165, 1.54) is 0 Å². The first-order valence-corrected chi connectivity index (χ1v) is 6.60. The Morgan fingerprint density at radius 2 is 1.89 bits per heavy atom. The Labute approximate surface area is 110 Å². The smallest absolute Gasteiger partial charge is 0.166 e. The van der Waals surface area contributed by atoms with E-state index in [9.17, 15) is 4.79 Å². The van der Waals surface area contributed by atoms with Crippen LogP contribution in [0.25, 0.3) is 0 Å². The summed E-state index contributed by atoms with van der Waals surface area (Å²) in [6.07, 6.45) is 3.46. The highest BCUT2D eigenvalue weighted by molar-refractivity contribution is 5.97.